The highest BCUT2D eigenvalue weighted by Gasteiger charge is 2.39. The molecular weight excluding hydrogens is 258 g/mol. The van der Waals surface area contributed by atoms with Gasteiger partial charge in [-0.2, -0.15) is 0 Å². The molecule has 1 aromatic carbocycles. The van der Waals surface area contributed by atoms with Crippen molar-refractivity contribution in [2.75, 3.05) is 25.0 Å². The Morgan fingerprint density at radius 2 is 1.95 bits per heavy atom. The molecule has 2 unspecified atom stereocenters. The van der Waals surface area contributed by atoms with Crippen LogP contribution >= 0.6 is 0 Å². The summed E-state index contributed by atoms with van der Waals surface area (Å²) in [6.07, 6.45) is 3.55. The highest BCUT2D eigenvalue weighted by Crippen LogP contribution is 2.38. The summed E-state index contributed by atoms with van der Waals surface area (Å²) >= 11 is 0. The number of fused-ring (bicyclic) bond motifs is 1. The molecule has 0 spiro atoms. The minimum absolute atomic E-state index is 0.172. The monoisotopic (exact) mass is 287 g/mol. The molecule has 0 aromatic heterocycles. The fourth-order valence-electron chi connectivity index (χ4n) is 3.99. The molecule has 21 heavy (non-hydrogen) atoms. The van der Waals surface area contributed by atoms with Crippen LogP contribution in [0.5, 0.6) is 0 Å². The molecule has 0 radical (unpaired) electrons. The Morgan fingerprint density at radius 3 is 2.67 bits per heavy atom. The maximum absolute atomic E-state index is 6.45. The summed E-state index contributed by atoms with van der Waals surface area (Å²) in [5.41, 5.74) is 10.9. The second-order valence-corrected chi connectivity index (χ2v) is 7.67. The van der Waals surface area contributed by atoms with Crippen LogP contribution in [0, 0.1) is 0 Å². The van der Waals surface area contributed by atoms with Crippen molar-refractivity contribution in [3.05, 3.63) is 29.3 Å². The van der Waals surface area contributed by atoms with Crippen LogP contribution in [-0.2, 0) is 6.42 Å². The lowest BCUT2D eigenvalue weighted by Crippen LogP contribution is -2.43. The van der Waals surface area contributed by atoms with Crippen LogP contribution < -0.4 is 10.6 Å². The molecule has 3 rings (SSSR count). The average molecular weight is 287 g/mol. The third-order valence-electron chi connectivity index (χ3n) is 5.10. The molecule has 1 saturated heterocycles. The Labute approximate surface area is 129 Å². The summed E-state index contributed by atoms with van der Waals surface area (Å²) in [5, 5.41) is 0. The quantitative estimate of drug-likeness (QED) is 0.862. The minimum atomic E-state index is 0.172. The van der Waals surface area contributed by atoms with E-state index in [-0.39, 0.29) is 11.6 Å². The predicted molar refractivity (Wildman–Crippen MR) is 89.8 cm³/mol. The van der Waals surface area contributed by atoms with E-state index in [4.69, 9.17) is 5.73 Å². The zero-order valence-electron chi connectivity index (χ0n) is 13.9. The predicted octanol–water partition coefficient (Wildman–Crippen LogP) is 2.94. The third kappa shape index (κ3) is 2.69. The molecule has 2 N–H and O–H groups in total. The number of hydrogen-bond acceptors (Lipinski definition) is 3. The van der Waals surface area contributed by atoms with Crippen LogP contribution in [-0.4, -0.2) is 36.6 Å². The second kappa shape index (κ2) is 5.29. The Hall–Kier alpha value is -1.06. The molecule has 116 valence electrons. The molecule has 1 fully saturated rings. The molecule has 2 aliphatic rings. The second-order valence-electron chi connectivity index (χ2n) is 7.67. The van der Waals surface area contributed by atoms with E-state index < -0.39 is 0 Å². The fraction of sp³-hybridized carbons (Fsp3) is 0.667. The number of nitrogens with zero attached hydrogens (tertiary/aromatic N) is 2. The number of rotatable bonds is 1. The van der Waals surface area contributed by atoms with E-state index in [1.54, 1.807) is 0 Å². The molecule has 0 saturated carbocycles. The molecular formula is C18H29N3. The van der Waals surface area contributed by atoms with Crippen molar-refractivity contribution in [2.24, 2.45) is 5.73 Å². The van der Waals surface area contributed by atoms with Gasteiger partial charge in [0.05, 0.1) is 6.04 Å². The standard InChI is InChI=1S/C18H29N3/c1-18(2,3)21-11-9-15(19)17(21)14-7-8-16-13(12-14)6-5-10-20(16)4/h7-8,12,15,17H,5-6,9-11,19H2,1-4H3. The topological polar surface area (TPSA) is 32.5 Å². The molecule has 0 amide bonds. The molecule has 3 heteroatoms. The molecule has 0 aliphatic carbocycles. The lowest BCUT2D eigenvalue weighted by atomic mass is 9.92. The molecule has 1 aromatic rings. The first-order chi connectivity index (χ1) is 9.88. The Balaban J connectivity index is 1.95. The summed E-state index contributed by atoms with van der Waals surface area (Å²) in [6.45, 7) is 9.16. The van der Waals surface area contributed by atoms with Gasteiger partial charge in [0.1, 0.15) is 0 Å². The smallest absolute Gasteiger partial charge is 0.0504 e. The van der Waals surface area contributed by atoms with E-state index in [1.165, 1.54) is 36.2 Å². The first-order valence-electron chi connectivity index (χ1n) is 8.24. The van der Waals surface area contributed by atoms with E-state index in [1.807, 2.05) is 0 Å². The zero-order chi connectivity index (χ0) is 15.2. The summed E-state index contributed by atoms with van der Waals surface area (Å²) in [5.74, 6) is 0. The van der Waals surface area contributed by atoms with E-state index in [9.17, 15) is 0 Å². The highest BCUT2D eigenvalue weighted by atomic mass is 15.3. The lowest BCUT2D eigenvalue weighted by molar-refractivity contribution is 0.117. The van der Waals surface area contributed by atoms with E-state index >= 15 is 0 Å². The third-order valence-corrected chi connectivity index (χ3v) is 5.10. The maximum Gasteiger partial charge on any atom is 0.0504 e. The number of hydrogen-bond donors (Lipinski definition) is 1. The van der Waals surface area contributed by atoms with Crippen molar-refractivity contribution in [1.82, 2.24) is 4.90 Å². The lowest BCUT2D eigenvalue weighted by Gasteiger charge is -2.39. The van der Waals surface area contributed by atoms with Gasteiger partial charge in [0, 0.05) is 37.4 Å². The average Bonchev–Trinajstić information content (AvgIpc) is 2.80. The number of likely N-dealkylation sites (tertiary alicyclic amines) is 1. The van der Waals surface area contributed by atoms with Crippen molar-refractivity contribution in [3.8, 4) is 0 Å². The van der Waals surface area contributed by atoms with Gasteiger partial charge in [0.25, 0.3) is 0 Å². The van der Waals surface area contributed by atoms with Crippen molar-refractivity contribution in [3.63, 3.8) is 0 Å². The van der Waals surface area contributed by atoms with Crippen LogP contribution in [0.15, 0.2) is 18.2 Å². The van der Waals surface area contributed by atoms with Gasteiger partial charge in [0.2, 0.25) is 0 Å². The first kappa shape index (κ1) is 14.9. The Bertz CT molecular complexity index is 518. The van der Waals surface area contributed by atoms with Gasteiger partial charge in [0.15, 0.2) is 0 Å². The largest absolute Gasteiger partial charge is 0.374 e. The normalized spacial score (nSPS) is 27.0. The molecule has 0 bridgehead atoms. The molecule has 3 nitrogen and oxygen atoms in total. The number of benzene rings is 1. The van der Waals surface area contributed by atoms with Gasteiger partial charge in [-0.05, 0) is 57.2 Å². The van der Waals surface area contributed by atoms with E-state index in [0.29, 0.717) is 6.04 Å². The van der Waals surface area contributed by atoms with Gasteiger partial charge in [-0.25, -0.2) is 0 Å². The Kier molecular flexibility index (Phi) is 3.74. The highest BCUT2D eigenvalue weighted by molar-refractivity contribution is 5.56. The first-order valence-corrected chi connectivity index (χ1v) is 8.24. The van der Waals surface area contributed by atoms with Crippen molar-refractivity contribution in [1.29, 1.82) is 0 Å². The summed E-state index contributed by atoms with van der Waals surface area (Å²) in [6, 6.07) is 7.64. The van der Waals surface area contributed by atoms with Crippen LogP contribution in [0.2, 0.25) is 0 Å². The van der Waals surface area contributed by atoms with Gasteiger partial charge in [-0.1, -0.05) is 12.1 Å². The van der Waals surface area contributed by atoms with E-state index in [0.717, 1.165) is 13.0 Å². The van der Waals surface area contributed by atoms with Gasteiger partial charge in [-0.15, -0.1) is 0 Å². The van der Waals surface area contributed by atoms with Gasteiger partial charge in [-0.3, -0.25) is 4.90 Å². The number of nitrogens with two attached hydrogens (primary N) is 1. The number of anilines is 1. The fourth-order valence-corrected chi connectivity index (χ4v) is 3.99. The van der Waals surface area contributed by atoms with Crippen LogP contribution in [0.1, 0.15) is 50.8 Å². The summed E-state index contributed by atoms with van der Waals surface area (Å²) in [4.78, 5) is 4.95. The molecule has 2 aliphatic heterocycles. The van der Waals surface area contributed by atoms with Crippen LogP contribution in [0.3, 0.4) is 0 Å². The molecule has 2 heterocycles. The van der Waals surface area contributed by atoms with E-state index in [2.05, 4.69) is 55.8 Å². The summed E-state index contributed by atoms with van der Waals surface area (Å²) < 4.78 is 0. The zero-order valence-corrected chi connectivity index (χ0v) is 13.9. The van der Waals surface area contributed by atoms with Gasteiger partial charge < -0.3 is 10.6 Å². The molecule has 2 atom stereocenters. The van der Waals surface area contributed by atoms with Crippen molar-refractivity contribution < 1.29 is 0 Å². The maximum atomic E-state index is 6.45. The number of aryl methyl sites for hydroxylation is 1. The Morgan fingerprint density at radius 1 is 1.19 bits per heavy atom. The van der Waals surface area contributed by atoms with Crippen LogP contribution in [0.25, 0.3) is 0 Å². The SMILES string of the molecule is CN1CCCc2cc(C3C(N)CCN3C(C)(C)C)ccc21. The van der Waals surface area contributed by atoms with Crippen LogP contribution in [0.4, 0.5) is 5.69 Å². The minimum Gasteiger partial charge on any atom is -0.374 e. The van der Waals surface area contributed by atoms with Crippen molar-refractivity contribution in [2.45, 2.75) is 57.7 Å². The summed E-state index contributed by atoms with van der Waals surface area (Å²) in [7, 11) is 2.19. The van der Waals surface area contributed by atoms with Crippen molar-refractivity contribution >= 4 is 5.69 Å². The van der Waals surface area contributed by atoms with Gasteiger partial charge >= 0.3 is 0 Å².